The smallest absolute Gasteiger partial charge is 0.263 e. The summed E-state index contributed by atoms with van der Waals surface area (Å²) in [4.78, 5) is 0. The maximum atomic E-state index is 12.9. The normalized spacial score (nSPS) is 20.4. The van der Waals surface area contributed by atoms with Crippen molar-refractivity contribution in [3.63, 3.8) is 0 Å². The van der Waals surface area contributed by atoms with Gasteiger partial charge in [-0.1, -0.05) is 12.1 Å². The highest BCUT2D eigenvalue weighted by atomic mass is 35.5. The minimum absolute atomic E-state index is 0. The van der Waals surface area contributed by atoms with Crippen molar-refractivity contribution in [2.24, 2.45) is 5.73 Å². The van der Waals surface area contributed by atoms with Gasteiger partial charge in [0.2, 0.25) is 0 Å². The largest absolute Gasteiger partial charge is 0.481 e. The zero-order valence-electron chi connectivity index (χ0n) is 9.91. The molecule has 1 aromatic carbocycles. The summed E-state index contributed by atoms with van der Waals surface area (Å²) in [5.74, 6) is 0.0434. The predicted molar refractivity (Wildman–Crippen MR) is 65.5 cm³/mol. The number of fused-ring (bicyclic) bond motifs is 1. The molecule has 0 saturated heterocycles. The van der Waals surface area contributed by atoms with Gasteiger partial charge < -0.3 is 10.5 Å². The summed E-state index contributed by atoms with van der Waals surface area (Å²) < 4.78 is 56.1. The van der Waals surface area contributed by atoms with E-state index >= 15 is 0 Å². The molecule has 0 spiro atoms. The van der Waals surface area contributed by atoms with Crippen molar-refractivity contribution >= 4 is 12.4 Å². The van der Waals surface area contributed by atoms with Gasteiger partial charge in [-0.3, -0.25) is 0 Å². The Labute approximate surface area is 114 Å². The van der Waals surface area contributed by atoms with Gasteiger partial charge in [0.1, 0.15) is 19.1 Å². The highest BCUT2D eigenvalue weighted by Crippen LogP contribution is 2.40. The highest BCUT2D eigenvalue weighted by Gasteiger charge is 2.40. The lowest BCUT2D eigenvalue weighted by Crippen LogP contribution is -2.46. The minimum atomic E-state index is -2.66. The van der Waals surface area contributed by atoms with E-state index in [0.29, 0.717) is 5.56 Å². The number of alkyl halides is 4. The second-order valence-electron chi connectivity index (χ2n) is 4.46. The Balaban J connectivity index is 0.00000180. The van der Waals surface area contributed by atoms with Gasteiger partial charge in [-0.05, 0) is 6.07 Å². The van der Waals surface area contributed by atoms with Crippen LogP contribution in [0.2, 0.25) is 0 Å². The molecule has 108 valence electrons. The van der Waals surface area contributed by atoms with Crippen LogP contribution >= 0.6 is 12.4 Å². The summed E-state index contributed by atoms with van der Waals surface area (Å²) in [6.45, 7) is -2.09. The molecule has 0 aliphatic carbocycles. The molecule has 7 heteroatoms. The van der Waals surface area contributed by atoms with Gasteiger partial charge in [0.05, 0.1) is 0 Å². The topological polar surface area (TPSA) is 35.2 Å². The number of halogens is 5. The standard InChI is InChI=1S/C12H13F4NO.ClH/c13-5-12(6-14)4-9(17)8-2-1-7(11(15)16)3-10(8)18-12;/h1-3,9,11H,4-6,17H2;1H. The van der Waals surface area contributed by atoms with E-state index in [4.69, 9.17) is 10.5 Å². The molecule has 19 heavy (non-hydrogen) atoms. The SMILES string of the molecule is Cl.NC1CC(CF)(CF)Oc2cc(C(F)F)ccc21. The van der Waals surface area contributed by atoms with Crippen LogP contribution in [-0.4, -0.2) is 19.0 Å². The molecule has 1 unspecified atom stereocenters. The van der Waals surface area contributed by atoms with Gasteiger partial charge in [-0.15, -0.1) is 12.4 Å². The zero-order chi connectivity index (χ0) is 13.3. The number of nitrogens with two attached hydrogens (primary N) is 1. The maximum absolute atomic E-state index is 12.9. The van der Waals surface area contributed by atoms with Crippen LogP contribution in [0.15, 0.2) is 18.2 Å². The number of benzene rings is 1. The lowest BCUT2D eigenvalue weighted by molar-refractivity contribution is -0.00812. The summed E-state index contributed by atoms with van der Waals surface area (Å²) in [5.41, 5.74) is 4.39. The molecule has 1 aliphatic heterocycles. The molecule has 2 rings (SSSR count). The monoisotopic (exact) mass is 299 g/mol. The Bertz CT molecular complexity index is 440. The van der Waals surface area contributed by atoms with Crippen molar-refractivity contribution in [2.45, 2.75) is 24.5 Å². The van der Waals surface area contributed by atoms with E-state index in [9.17, 15) is 17.6 Å². The number of ether oxygens (including phenoxy) is 1. The summed E-state index contributed by atoms with van der Waals surface area (Å²) in [5, 5.41) is 0. The van der Waals surface area contributed by atoms with E-state index in [1.807, 2.05) is 0 Å². The van der Waals surface area contributed by atoms with Gasteiger partial charge in [0, 0.05) is 23.6 Å². The van der Waals surface area contributed by atoms with Crippen molar-refractivity contribution < 1.29 is 22.3 Å². The highest BCUT2D eigenvalue weighted by molar-refractivity contribution is 5.85. The molecule has 2 N–H and O–H groups in total. The average Bonchev–Trinajstić information content (AvgIpc) is 2.37. The lowest BCUT2D eigenvalue weighted by Gasteiger charge is -2.37. The van der Waals surface area contributed by atoms with Crippen LogP contribution in [0, 0.1) is 0 Å². The first-order valence-corrected chi connectivity index (χ1v) is 5.50. The molecule has 0 bridgehead atoms. The second kappa shape index (κ2) is 5.96. The minimum Gasteiger partial charge on any atom is -0.481 e. The van der Waals surface area contributed by atoms with Gasteiger partial charge in [-0.25, -0.2) is 17.6 Å². The van der Waals surface area contributed by atoms with Gasteiger partial charge in [0.15, 0.2) is 5.60 Å². The van der Waals surface area contributed by atoms with E-state index in [1.165, 1.54) is 12.1 Å². The van der Waals surface area contributed by atoms with Crippen molar-refractivity contribution in [3.05, 3.63) is 29.3 Å². The van der Waals surface area contributed by atoms with Crippen molar-refractivity contribution in [1.29, 1.82) is 0 Å². The molecule has 1 atom stereocenters. The maximum Gasteiger partial charge on any atom is 0.263 e. The van der Waals surface area contributed by atoms with Crippen molar-refractivity contribution in [2.75, 3.05) is 13.3 Å². The fourth-order valence-electron chi connectivity index (χ4n) is 2.07. The van der Waals surface area contributed by atoms with Gasteiger partial charge >= 0.3 is 0 Å². The van der Waals surface area contributed by atoms with E-state index < -0.39 is 31.4 Å². The molecule has 0 aromatic heterocycles. The van der Waals surface area contributed by atoms with E-state index in [2.05, 4.69) is 0 Å². The van der Waals surface area contributed by atoms with Crippen LogP contribution in [0.25, 0.3) is 0 Å². The Morgan fingerprint density at radius 2 is 1.95 bits per heavy atom. The first kappa shape index (κ1) is 16.0. The van der Waals surface area contributed by atoms with Crippen LogP contribution in [0.4, 0.5) is 17.6 Å². The summed E-state index contributed by atoms with van der Waals surface area (Å²) in [6.07, 6.45) is -2.68. The van der Waals surface area contributed by atoms with Crippen LogP contribution in [0.3, 0.4) is 0 Å². The third-order valence-corrected chi connectivity index (χ3v) is 3.09. The van der Waals surface area contributed by atoms with E-state index in [-0.39, 0.29) is 30.1 Å². The summed E-state index contributed by atoms with van der Waals surface area (Å²) in [6, 6.07) is 3.14. The van der Waals surface area contributed by atoms with Crippen LogP contribution in [0.5, 0.6) is 5.75 Å². The van der Waals surface area contributed by atoms with Crippen LogP contribution < -0.4 is 10.5 Å². The molecule has 0 radical (unpaired) electrons. The average molecular weight is 300 g/mol. The van der Waals surface area contributed by atoms with Crippen LogP contribution in [0.1, 0.15) is 30.0 Å². The summed E-state index contributed by atoms with van der Waals surface area (Å²) >= 11 is 0. The molecule has 0 saturated carbocycles. The Kier molecular flexibility index (Phi) is 5.04. The first-order valence-electron chi connectivity index (χ1n) is 5.50. The predicted octanol–water partition coefficient (Wildman–Crippen LogP) is 3.51. The summed E-state index contributed by atoms with van der Waals surface area (Å²) in [7, 11) is 0. The van der Waals surface area contributed by atoms with Crippen molar-refractivity contribution in [1.82, 2.24) is 0 Å². The number of hydrogen-bond acceptors (Lipinski definition) is 2. The Hall–Kier alpha value is -1.01. The zero-order valence-corrected chi connectivity index (χ0v) is 10.7. The molecule has 2 nitrogen and oxygen atoms in total. The first-order chi connectivity index (χ1) is 8.51. The third kappa shape index (κ3) is 2.95. The van der Waals surface area contributed by atoms with Crippen LogP contribution in [-0.2, 0) is 0 Å². The number of hydrogen-bond donors (Lipinski definition) is 1. The van der Waals surface area contributed by atoms with Crippen molar-refractivity contribution in [3.8, 4) is 5.75 Å². The quantitative estimate of drug-likeness (QED) is 0.867. The molecular weight excluding hydrogens is 286 g/mol. The molecule has 1 aromatic rings. The van der Waals surface area contributed by atoms with Gasteiger partial charge in [-0.2, -0.15) is 0 Å². The Morgan fingerprint density at radius 3 is 2.47 bits per heavy atom. The lowest BCUT2D eigenvalue weighted by atomic mass is 9.89. The Morgan fingerprint density at radius 1 is 1.32 bits per heavy atom. The number of rotatable bonds is 3. The molecule has 1 heterocycles. The second-order valence-corrected chi connectivity index (χ2v) is 4.46. The van der Waals surface area contributed by atoms with E-state index in [1.54, 1.807) is 0 Å². The molecular formula is C12H14ClF4NO. The third-order valence-electron chi connectivity index (χ3n) is 3.09. The fraction of sp³-hybridized carbons (Fsp3) is 0.500. The molecule has 0 amide bonds. The fourth-order valence-corrected chi connectivity index (χ4v) is 2.07. The van der Waals surface area contributed by atoms with E-state index in [0.717, 1.165) is 6.07 Å². The molecule has 1 aliphatic rings. The van der Waals surface area contributed by atoms with Gasteiger partial charge in [0.25, 0.3) is 6.43 Å². The molecule has 0 fully saturated rings.